The Kier molecular flexibility index (Phi) is 4.70. The first kappa shape index (κ1) is 17.0. The molecule has 0 aliphatic rings. The second kappa shape index (κ2) is 6.93. The average molecular weight is 333 g/mol. The number of hydrogen-bond donors (Lipinski definition) is 0. The van der Waals surface area contributed by atoms with E-state index in [1.165, 1.54) is 0 Å². The summed E-state index contributed by atoms with van der Waals surface area (Å²) in [5.74, 6) is 0.00992. The van der Waals surface area contributed by atoms with Gasteiger partial charge in [0.1, 0.15) is 0 Å². The zero-order valence-corrected chi connectivity index (χ0v) is 15.1. The van der Waals surface area contributed by atoms with Crippen molar-refractivity contribution in [3.05, 3.63) is 77.6 Å². The molecular formula is C21H23N3O. The van der Waals surface area contributed by atoms with Crippen LogP contribution in [0.15, 0.2) is 60.9 Å². The third-order valence-electron chi connectivity index (χ3n) is 4.24. The Hall–Kier alpha value is -2.88. The SMILES string of the molecule is Cc1ccc(C)c(N(C(=O)c2ccc(-n3cccn3)cc2)C(C)C)c1. The van der Waals surface area contributed by atoms with Crippen molar-refractivity contribution in [3.63, 3.8) is 0 Å². The summed E-state index contributed by atoms with van der Waals surface area (Å²) in [7, 11) is 0. The maximum atomic E-state index is 13.2. The zero-order valence-electron chi connectivity index (χ0n) is 15.1. The monoisotopic (exact) mass is 333 g/mol. The van der Waals surface area contributed by atoms with Crippen LogP contribution in [0.25, 0.3) is 5.69 Å². The van der Waals surface area contributed by atoms with Gasteiger partial charge >= 0.3 is 0 Å². The molecular weight excluding hydrogens is 310 g/mol. The highest BCUT2D eigenvalue weighted by atomic mass is 16.2. The van der Waals surface area contributed by atoms with Gasteiger partial charge in [0.25, 0.3) is 5.91 Å². The number of hydrogen-bond acceptors (Lipinski definition) is 2. The van der Waals surface area contributed by atoms with Gasteiger partial charge in [0.2, 0.25) is 0 Å². The maximum Gasteiger partial charge on any atom is 0.258 e. The molecule has 3 aromatic rings. The van der Waals surface area contributed by atoms with Crippen LogP contribution in [0.5, 0.6) is 0 Å². The number of amides is 1. The molecule has 0 radical (unpaired) electrons. The summed E-state index contributed by atoms with van der Waals surface area (Å²) in [6, 6.07) is 15.7. The Bertz CT molecular complexity index is 865. The molecule has 4 nitrogen and oxygen atoms in total. The van der Waals surface area contributed by atoms with Gasteiger partial charge in [-0.3, -0.25) is 4.79 Å². The molecule has 128 valence electrons. The third-order valence-corrected chi connectivity index (χ3v) is 4.24. The Morgan fingerprint density at radius 1 is 1.08 bits per heavy atom. The minimum absolute atomic E-state index is 0.00992. The zero-order chi connectivity index (χ0) is 18.0. The normalized spacial score (nSPS) is 10.9. The number of anilines is 1. The standard InChI is InChI=1S/C21H23N3O/c1-15(2)24(20-14-16(3)6-7-17(20)4)21(25)18-8-10-19(11-9-18)23-13-5-12-22-23/h5-15H,1-4H3. The van der Waals surface area contributed by atoms with Crippen LogP contribution in [0.2, 0.25) is 0 Å². The van der Waals surface area contributed by atoms with Crippen LogP contribution in [-0.2, 0) is 0 Å². The number of rotatable bonds is 4. The molecule has 0 aliphatic carbocycles. The summed E-state index contributed by atoms with van der Waals surface area (Å²) < 4.78 is 1.78. The molecule has 3 rings (SSSR count). The number of aromatic nitrogens is 2. The van der Waals surface area contributed by atoms with Gasteiger partial charge in [-0.25, -0.2) is 4.68 Å². The lowest BCUT2D eigenvalue weighted by atomic mass is 10.1. The van der Waals surface area contributed by atoms with E-state index in [2.05, 4.69) is 23.3 Å². The Morgan fingerprint density at radius 3 is 2.40 bits per heavy atom. The van der Waals surface area contributed by atoms with Gasteiger partial charge in [-0.05, 0) is 75.2 Å². The minimum Gasteiger partial charge on any atom is -0.306 e. The summed E-state index contributed by atoms with van der Waals surface area (Å²) in [5.41, 5.74) is 4.82. The molecule has 2 aromatic carbocycles. The highest BCUT2D eigenvalue weighted by Gasteiger charge is 2.22. The first-order valence-corrected chi connectivity index (χ1v) is 8.48. The molecule has 0 atom stereocenters. The molecule has 0 N–H and O–H groups in total. The topological polar surface area (TPSA) is 38.1 Å². The van der Waals surface area contributed by atoms with Gasteiger partial charge < -0.3 is 4.90 Å². The van der Waals surface area contributed by atoms with Gasteiger partial charge in [0.15, 0.2) is 0 Å². The number of carbonyl (C=O) groups excluding carboxylic acids is 1. The Morgan fingerprint density at radius 2 is 1.80 bits per heavy atom. The fourth-order valence-electron chi connectivity index (χ4n) is 2.92. The van der Waals surface area contributed by atoms with E-state index < -0.39 is 0 Å². The number of aryl methyl sites for hydroxylation is 2. The van der Waals surface area contributed by atoms with Crippen LogP contribution < -0.4 is 4.90 Å². The second-order valence-corrected chi connectivity index (χ2v) is 6.56. The van der Waals surface area contributed by atoms with E-state index >= 15 is 0 Å². The van der Waals surface area contributed by atoms with Crippen LogP contribution in [0.3, 0.4) is 0 Å². The third kappa shape index (κ3) is 3.48. The quantitative estimate of drug-likeness (QED) is 0.703. The first-order chi connectivity index (χ1) is 12.0. The summed E-state index contributed by atoms with van der Waals surface area (Å²) in [6.07, 6.45) is 3.62. The van der Waals surface area contributed by atoms with Gasteiger partial charge in [-0.15, -0.1) is 0 Å². The molecule has 0 spiro atoms. The predicted octanol–water partition coefficient (Wildman–Crippen LogP) is 4.54. The van der Waals surface area contributed by atoms with Crippen LogP contribution in [0.4, 0.5) is 5.69 Å². The minimum atomic E-state index is 0.00992. The first-order valence-electron chi connectivity index (χ1n) is 8.48. The second-order valence-electron chi connectivity index (χ2n) is 6.56. The highest BCUT2D eigenvalue weighted by molar-refractivity contribution is 6.07. The number of benzene rings is 2. The van der Waals surface area contributed by atoms with E-state index in [1.54, 1.807) is 10.9 Å². The van der Waals surface area contributed by atoms with Crippen molar-refractivity contribution in [3.8, 4) is 5.69 Å². The molecule has 0 bridgehead atoms. The van der Waals surface area contributed by atoms with Gasteiger partial charge in [0, 0.05) is 29.7 Å². The Labute approximate surface area is 148 Å². The van der Waals surface area contributed by atoms with Crippen molar-refractivity contribution in [2.75, 3.05) is 4.90 Å². The molecule has 1 amide bonds. The van der Waals surface area contributed by atoms with Gasteiger partial charge in [0.05, 0.1) is 5.69 Å². The fourth-order valence-corrected chi connectivity index (χ4v) is 2.92. The summed E-state index contributed by atoms with van der Waals surface area (Å²) >= 11 is 0. The van der Waals surface area contributed by atoms with Crippen LogP contribution in [-0.4, -0.2) is 21.7 Å². The van der Waals surface area contributed by atoms with Crippen LogP contribution >= 0.6 is 0 Å². The summed E-state index contributed by atoms with van der Waals surface area (Å²) in [5, 5.41) is 4.21. The Balaban J connectivity index is 1.95. The average Bonchev–Trinajstić information content (AvgIpc) is 3.12. The molecule has 0 saturated carbocycles. The van der Waals surface area contributed by atoms with E-state index in [0.29, 0.717) is 5.56 Å². The fraction of sp³-hybridized carbons (Fsp3) is 0.238. The summed E-state index contributed by atoms with van der Waals surface area (Å²) in [6.45, 7) is 8.17. The van der Waals surface area contributed by atoms with Gasteiger partial charge in [-0.1, -0.05) is 12.1 Å². The van der Waals surface area contributed by atoms with E-state index in [0.717, 1.165) is 22.5 Å². The lowest BCUT2D eigenvalue weighted by Crippen LogP contribution is -2.37. The van der Waals surface area contributed by atoms with Crippen molar-refractivity contribution in [2.45, 2.75) is 33.7 Å². The predicted molar refractivity (Wildman–Crippen MR) is 101 cm³/mol. The largest absolute Gasteiger partial charge is 0.306 e. The molecule has 4 heteroatoms. The molecule has 0 fully saturated rings. The molecule has 1 aromatic heterocycles. The van der Waals surface area contributed by atoms with Gasteiger partial charge in [-0.2, -0.15) is 5.10 Å². The van der Waals surface area contributed by atoms with E-state index in [1.807, 2.05) is 69.1 Å². The van der Waals surface area contributed by atoms with E-state index in [9.17, 15) is 4.79 Å². The maximum absolute atomic E-state index is 13.2. The lowest BCUT2D eigenvalue weighted by Gasteiger charge is -2.29. The van der Waals surface area contributed by atoms with Crippen molar-refractivity contribution >= 4 is 11.6 Å². The van der Waals surface area contributed by atoms with Crippen molar-refractivity contribution < 1.29 is 4.79 Å². The van der Waals surface area contributed by atoms with Crippen molar-refractivity contribution in [2.24, 2.45) is 0 Å². The van der Waals surface area contributed by atoms with Crippen LogP contribution in [0, 0.1) is 13.8 Å². The number of nitrogens with zero attached hydrogens (tertiary/aromatic N) is 3. The van der Waals surface area contributed by atoms with Crippen molar-refractivity contribution in [1.82, 2.24) is 9.78 Å². The smallest absolute Gasteiger partial charge is 0.258 e. The highest BCUT2D eigenvalue weighted by Crippen LogP contribution is 2.26. The number of carbonyl (C=O) groups is 1. The molecule has 0 saturated heterocycles. The van der Waals surface area contributed by atoms with E-state index in [-0.39, 0.29) is 11.9 Å². The molecule has 0 unspecified atom stereocenters. The van der Waals surface area contributed by atoms with Crippen LogP contribution in [0.1, 0.15) is 35.3 Å². The van der Waals surface area contributed by atoms with Crippen molar-refractivity contribution in [1.29, 1.82) is 0 Å². The molecule has 0 aliphatic heterocycles. The molecule has 1 heterocycles. The summed E-state index contributed by atoms with van der Waals surface area (Å²) in [4.78, 5) is 15.0. The van der Waals surface area contributed by atoms with E-state index in [4.69, 9.17) is 0 Å². The lowest BCUT2D eigenvalue weighted by molar-refractivity contribution is 0.0980. The molecule has 25 heavy (non-hydrogen) atoms.